The maximum absolute atomic E-state index is 13.2. The van der Waals surface area contributed by atoms with Gasteiger partial charge in [0.05, 0.1) is 5.41 Å². The van der Waals surface area contributed by atoms with E-state index in [2.05, 4.69) is 30.2 Å². The van der Waals surface area contributed by atoms with E-state index in [0.29, 0.717) is 12.2 Å². The summed E-state index contributed by atoms with van der Waals surface area (Å²) in [5.74, 6) is 1.45. The number of fused-ring (bicyclic) bond motifs is 2. The predicted octanol–water partition coefficient (Wildman–Crippen LogP) is 4.72. The zero-order chi connectivity index (χ0) is 20.9. The van der Waals surface area contributed by atoms with Crippen molar-refractivity contribution in [3.8, 4) is 11.5 Å². The molecule has 2 aliphatic rings. The summed E-state index contributed by atoms with van der Waals surface area (Å²) >= 11 is 0. The second-order valence-corrected chi connectivity index (χ2v) is 8.95. The second kappa shape index (κ2) is 6.77. The third-order valence-corrected chi connectivity index (χ3v) is 6.45. The Bertz CT molecular complexity index is 1140. The Kier molecular flexibility index (Phi) is 4.29. The maximum Gasteiger partial charge on any atom is 0.235 e. The van der Waals surface area contributed by atoms with Crippen LogP contribution in [0, 0.1) is 0 Å². The van der Waals surface area contributed by atoms with Gasteiger partial charge >= 0.3 is 0 Å². The molecule has 1 amide bonds. The van der Waals surface area contributed by atoms with Crippen molar-refractivity contribution >= 4 is 22.5 Å². The number of nitrogens with one attached hydrogen (secondary N) is 2. The van der Waals surface area contributed by atoms with Crippen molar-refractivity contribution in [2.75, 3.05) is 18.7 Å². The van der Waals surface area contributed by atoms with Crippen molar-refractivity contribution in [1.29, 1.82) is 0 Å². The van der Waals surface area contributed by atoms with Crippen LogP contribution in [0.3, 0.4) is 0 Å². The van der Waals surface area contributed by atoms with Crippen molar-refractivity contribution in [1.82, 2.24) is 4.98 Å². The van der Waals surface area contributed by atoms with E-state index in [4.69, 9.17) is 9.47 Å². The number of aliphatic hydroxyl groups excluding tert-OH is 1. The van der Waals surface area contributed by atoms with Gasteiger partial charge in [0.2, 0.25) is 12.7 Å². The average molecular weight is 411 g/mol. The molecule has 0 radical (unpaired) electrons. The molecule has 0 unspecified atom stereocenters. The zero-order valence-electron chi connectivity index (χ0n) is 17.2. The largest absolute Gasteiger partial charge is 0.454 e. The number of aromatic amines is 1. The molecule has 1 aliphatic heterocycles. The van der Waals surface area contributed by atoms with Crippen LogP contribution in [0.25, 0.3) is 10.9 Å². The molecule has 3 N–H and O–H groups in total. The third kappa shape index (κ3) is 3.12. The summed E-state index contributed by atoms with van der Waals surface area (Å²) in [6.07, 6.45) is 2.33. The van der Waals surface area contributed by atoms with Gasteiger partial charge in [0.25, 0.3) is 0 Å². The second-order valence-electron chi connectivity index (χ2n) is 8.95. The van der Waals surface area contributed by atoms with Gasteiger partial charge in [-0.05, 0) is 61.2 Å². The Balaban J connectivity index is 0.00000144. The van der Waals surface area contributed by atoms with Gasteiger partial charge in [0, 0.05) is 37.2 Å². The first-order valence-electron chi connectivity index (χ1n) is 10.4. The number of aliphatic hydroxyl groups is 1. The number of amides is 1. The summed E-state index contributed by atoms with van der Waals surface area (Å²) in [7, 11) is 0. The van der Waals surface area contributed by atoms with Crippen LogP contribution in [0.15, 0.2) is 42.5 Å². The highest BCUT2D eigenvalue weighted by atomic mass is 16.7. The fourth-order valence-corrected chi connectivity index (χ4v) is 4.21. The first-order chi connectivity index (χ1) is 14.4. The molecular formula is C24H30N2O4. The number of H-pyrrole nitrogens is 1. The van der Waals surface area contributed by atoms with Gasteiger partial charge in [-0.25, -0.2) is 0 Å². The van der Waals surface area contributed by atoms with Gasteiger partial charge in [0.1, 0.15) is 0 Å². The molecule has 0 spiro atoms. The molecule has 1 fully saturated rings. The number of aromatic nitrogens is 1. The van der Waals surface area contributed by atoms with Crippen molar-refractivity contribution in [2.24, 2.45) is 0 Å². The van der Waals surface area contributed by atoms with E-state index in [1.54, 1.807) is 0 Å². The van der Waals surface area contributed by atoms with Crippen LogP contribution in [-0.2, 0) is 15.6 Å². The van der Waals surface area contributed by atoms with Crippen molar-refractivity contribution in [3.63, 3.8) is 0 Å². The first kappa shape index (κ1) is 19.0. The molecule has 0 bridgehead atoms. The third-order valence-electron chi connectivity index (χ3n) is 6.45. The molecule has 0 saturated heterocycles. The van der Waals surface area contributed by atoms with E-state index in [0.717, 1.165) is 46.4 Å². The van der Waals surface area contributed by atoms with Gasteiger partial charge in [-0.2, -0.15) is 0 Å². The lowest BCUT2D eigenvalue weighted by Crippen LogP contribution is -2.27. The van der Waals surface area contributed by atoms with Crippen LogP contribution in [0.2, 0.25) is 0 Å². The molecule has 3 aromatic rings. The number of anilines is 1. The summed E-state index contributed by atoms with van der Waals surface area (Å²) in [5, 5.41) is 13.5. The quantitative estimate of drug-likeness (QED) is 0.549. The van der Waals surface area contributed by atoms with E-state index in [1.165, 1.54) is 0 Å². The number of carbonyl (C=O) groups is 1. The maximum atomic E-state index is 13.2. The zero-order valence-corrected chi connectivity index (χ0v) is 17.2. The Hall–Kier alpha value is -2.99. The van der Waals surface area contributed by atoms with Crippen LogP contribution < -0.4 is 14.8 Å². The Morgan fingerprint density at radius 2 is 1.97 bits per heavy atom. The molecule has 1 aliphatic carbocycles. The summed E-state index contributed by atoms with van der Waals surface area (Å²) in [4.78, 5) is 16.6. The Labute approximate surface area is 178 Å². The molecular weight excluding hydrogens is 380 g/mol. The molecule has 2 heterocycles. The van der Waals surface area contributed by atoms with E-state index in [9.17, 15) is 9.90 Å². The van der Waals surface area contributed by atoms with Gasteiger partial charge in [-0.15, -0.1) is 0 Å². The number of rotatable bonds is 6. The van der Waals surface area contributed by atoms with Gasteiger partial charge in [0.15, 0.2) is 11.5 Å². The van der Waals surface area contributed by atoms with E-state index in [1.807, 2.05) is 36.4 Å². The molecule has 5 rings (SSSR count). The van der Waals surface area contributed by atoms with Crippen LogP contribution in [0.1, 0.15) is 47.2 Å². The van der Waals surface area contributed by atoms with Gasteiger partial charge < -0.3 is 24.9 Å². The van der Waals surface area contributed by atoms with Gasteiger partial charge in [-0.3, -0.25) is 4.79 Å². The van der Waals surface area contributed by atoms with Crippen LogP contribution in [0.4, 0.5) is 5.69 Å². The molecule has 1 aromatic heterocycles. The van der Waals surface area contributed by atoms with E-state index in [-0.39, 0.29) is 27.6 Å². The number of carbonyl (C=O) groups excluding carboxylic acids is 1. The van der Waals surface area contributed by atoms with Crippen LogP contribution in [0.5, 0.6) is 11.5 Å². The summed E-state index contributed by atoms with van der Waals surface area (Å²) in [5.41, 5.74) is 3.21. The number of ether oxygens (including phenoxy) is 2. The first-order valence-corrected chi connectivity index (χ1v) is 10.4. The Morgan fingerprint density at radius 3 is 2.73 bits per heavy atom. The molecule has 6 nitrogen and oxygen atoms in total. The minimum atomic E-state index is -0.498. The van der Waals surface area contributed by atoms with Crippen molar-refractivity contribution in [3.05, 3.63) is 53.7 Å². The molecule has 2 aromatic carbocycles. The molecule has 1 saturated carbocycles. The normalized spacial score (nSPS) is 16.6. The fraction of sp³-hybridized carbons (Fsp3) is 0.375. The SMILES string of the molecule is CC(C)(CCO)c1cc2cc(NC(=O)C3(c4ccc5c(c4)OCO5)CC3)ccc2[nH]1.[HH].[HH]. The molecule has 0 atom stereocenters. The van der Waals surface area contributed by atoms with E-state index >= 15 is 0 Å². The predicted molar refractivity (Wildman–Crippen MR) is 119 cm³/mol. The topological polar surface area (TPSA) is 83.6 Å². The van der Waals surface area contributed by atoms with Crippen molar-refractivity contribution in [2.45, 2.75) is 43.9 Å². The minimum absolute atomic E-state index is 0. The summed E-state index contributed by atoms with van der Waals surface area (Å²) in [6.45, 7) is 4.59. The summed E-state index contributed by atoms with van der Waals surface area (Å²) < 4.78 is 10.9. The minimum Gasteiger partial charge on any atom is -0.454 e. The highest BCUT2D eigenvalue weighted by Gasteiger charge is 2.51. The summed E-state index contributed by atoms with van der Waals surface area (Å²) in [6, 6.07) is 13.8. The molecule has 30 heavy (non-hydrogen) atoms. The van der Waals surface area contributed by atoms with Crippen LogP contribution in [-0.4, -0.2) is 29.4 Å². The number of benzene rings is 2. The standard InChI is InChI=1S/C24H26N2O4.2H2/c1-23(2,9-10-27)21-12-15-11-17(4-5-18(15)26-21)25-22(28)24(7-8-24)16-3-6-19-20(13-16)30-14-29-19;;/h3-6,11-13,26-27H,7-10,14H2,1-2H3,(H,25,28);2*1H. The highest BCUT2D eigenvalue weighted by Crippen LogP contribution is 2.51. The lowest BCUT2D eigenvalue weighted by atomic mass is 9.86. The molecule has 160 valence electrons. The smallest absolute Gasteiger partial charge is 0.235 e. The Morgan fingerprint density at radius 1 is 1.17 bits per heavy atom. The van der Waals surface area contributed by atoms with Crippen LogP contribution >= 0.6 is 0 Å². The molecule has 6 heteroatoms. The van der Waals surface area contributed by atoms with Gasteiger partial charge in [-0.1, -0.05) is 19.9 Å². The lowest BCUT2D eigenvalue weighted by molar-refractivity contribution is -0.118. The number of hydrogen-bond acceptors (Lipinski definition) is 4. The average Bonchev–Trinajstić information content (AvgIpc) is 3.19. The van der Waals surface area contributed by atoms with Crippen molar-refractivity contribution < 1.29 is 22.2 Å². The number of hydrogen-bond donors (Lipinski definition) is 3. The van der Waals surface area contributed by atoms with E-state index < -0.39 is 5.41 Å². The lowest BCUT2D eigenvalue weighted by Gasteiger charge is -2.21. The fourth-order valence-electron chi connectivity index (χ4n) is 4.21. The highest BCUT2D eigenvalue weighted by molar-refractivity contribution is 6.02. The monoisotopic (exact) mass is 410 g/mol.